The van der Waals surface area contributed by atoms with Gasteiger partial charge in [-0.25, -0.2) is 9.97 Å². The van der Waals surface area contributed by atoms with Gasteiger partial charge in [-0.3, -0.25) is 9.78 Å². The number of β-amino-alcohol motifs (C(OH)–C–C–N with tert-alkyl or cyclic N) is 1. The van der Waals surface area contributed by atoms with E-state index in [1.54, 1.807) is 7.11 Å². The van der Waals surface area contributed by atoms with Crippen LogP contribution in [0.4, 0.5) is 5.82 Å². The molecule has 0 saturated carbocycles. The van der Waals surface area contributed by atoms with E-state index in [1.165, 1.54) is 11.8 Å². The second-order valence-corrected chi connectivity index (χ2v) is 9.66. The highest BCUT2D eigenvalue weighted by molar-refractivity contribution is 8.00. The molecule has 2 aliphatic heterocycles. The first-order chi connectivity index (χ1) is 16.6. The van der Waals surface area contributed by atoms with Crippen molar-refractivity contribution in [1.82, 2.24) is 25.2 Å². The standard InChI is InChI=1S/C24H28N6O3S/c1-33-22-5-3-18-23(29-22)15(6-8-26-18)7-9-30-12-16(19(31)13-30)10-25-11-17-2-4-20-24(27-17)28-21(32)14-34-20/h2-6,8,16,19,25,31H,7,9-14H2,1H3,(H,27,28,32). The number of fused-ring (bicyclic) bond motifs is 2. The molecule has 1 amide bonds. The van der Waals surface area contributed by atoms with Crippen molar-refractivity contribution < 1.29 is 14.6 Å². The molecule has 3 N–H and O–H groups in total. The van der Waals surface area contributed by atoms with Gasteiger partial charge in [0.05, 0.1) is 40.6 Å². The van der Waals surface area contributed by atoms with Gasteiger partial charge in [-0.1, -0.05) is 0 Å². The van der Waals surface area contributed by atoms with Crippen LogP contribution in [0.3, 0.4) is 0 Å². The third-order valence-electron chi connectivity index (χ3n) is 6.28. The Morgan fingerprint density at radius 1 is 1.24 bits per heavy atom. The Labute approximate surface area is 202 Å². The molecular formula is C24H28N6O3S. The molecule has 0 aliphatic carbocycles. The SMILES string of the molecule is COc1ccc2nccc(CCN3CC(O)C(CNCc4ccc5c(n4)NC(=O)CS5)C3)c2n1. The number of carbonyl (C=O) groups excluding carboxylic acids is 1. The number of rotatable bonds is 8. The van der Waals surface area contributed by atoms with Gasteiger partial charge in [-0.2, -0.15) is 0 Å². The first-order valence-electron chi connectivity index (χ1n) is 11.4. The summed E-state index contributed by atoms with van der Waals surface area (Å²) in [6.07, 6.45) is 2.28. The Balaban J connectivity index is 1.13. The molecule has 0 bridgehead atoms. The summed E-state index contributed by atoms with van der Waals surface area (Å²) in [4.78, 5) is 28.4. The minimum Gasteiger partial charge on any atom is -0.481 e. The second kappa shape index (κ2) is 10.2. The van der Waals surface area contributed by atoms with Crippen LogP contribution < -0.4 is 15.4 Å². The van der Waals surface area contributed by atoms with E-state index in [-0.39, 0.29) is 17.9 Å². The van der Waals surface area contributed by atoms with E-state index in [1.807, 2.05) is 36.5 Å². The number of carbonyl (C=O) groups is 1. The topological polar surface area (TPSA) is 113 Å². The molecule has 0 spiro atoms. The second-order valence-electron chi connectivity index (χ2n) is 8.65. The van der Waals surface area contributed by atoms with Crippen molar-refractivity contribution in [3.05, 3.63) is 47.8 Å². The van der Waals surface area contributed by atoms with Crippen molar-refractivity contribution in [2.45, 2.75) is 24.0 Å². The van der Waals surface area contributed by atoms with Crippen LogP contribution in [0.2, 0.25) is 0 Å². The van der Waals surface area contributed by atoms with Crippen LogP contribution in [0.1, 0.15) is 11.3 Å². The van der Waals surface area contributed by atoms with Crippen LogP contribution in [0.15, 0.2) is 41.4 Å². The zero-order chi connectivity index (χ0) is 23.5. The summed E-state index contributed by atoms with van der Waals surface area (Å²) in [5.74, 6) is 1.80. The van der Waals surface area contributed by atoms with E-state index in [0.29, 0.717) is 37.1 Å². The summed E-state index contributed by atoms with van der Waals surface area (Å²) in [7, 11) is 1.61. The number of nitrogens with one attached hydrogen (secondary N) is 2. The van der Waals surface area contributed by atoms with Crippen molar-refractivity contribution in [3.8, 4) is 5.88 Å². The number of methoxy groups -OCH3 is 1. The smallest absolute Gasteiger partial charge is 0.235 e. The summed E-state index contributed by atoms with van der Waals surface area (Å²) in [5, 5.41) is 16.8. The van der Waals surface area contributed by atoms with Gasteiger partial charge >= 0.3 is 0 Å². The van der Waals surface area contributed by atoms with Crippen molar-refractivity contribution in [1.29, 1.82) is 0 Å². The third-order valence-corrected chi connectivity index (χ3v) is 7.32. The highest BCUT2D eigenvalue weighted by atomic mass is 32.2. The minimum absolute atomic E-state index is 0.0149. The first kappa shape index (κ1) is 23.0. The number of hydrogen-bond donors (Lipinski definition) is 3. The largest absolute Gasteiger partial charge is 0.481 e. The van der Waals surface area contributed by atoms with Crippen molar-refractivity contribution in [3.63, 3.8) is 0 Å². The number of ether oxygens (including phenoxy) is 1. The molecule has 5 rings (SSSR count). The zero-order valence-electron chi connectivity index (χ0n) is 19.0. The number of likely N-dealkylation sites (tertiary alicyclic amines) is 1. The fraction of sp³-hybridized carbons (Fsp3) is 0.417. The molecule has 2 atom stereocenters. The average Bonchev–Trinajstić information content (AvgIpc) is 3.21. The van der Waals surface area contributed by atoms with Crippen LogP contribution in [-0.4, -0.2) is 76.0 Å². The zero-order valence-corrected chi connectivity index (χ0v) is 19.8. The number of aliphatic hydroxyl groups is 1. The lowest BCUT2D eigenvalue weighted by Crippen LogP contribution is -2.30. The predicted octanol–water partition coefficient (Wildman–Crippen LogP) is 1.70. The number of aromatic nitrogens is 3. The molecular weight excluding hydrogens is 452 g/mol. The molecule has 34 heavy (non-hydrogen) atoms. The quantitative estimate of drug-likeness (QED) is 0.443. The first-order valence-corrected chi connectivity index (χ1v) is 12.4. The maximum Gasteiger partial charge on any atom is 0.235 e. The van der Waals surface area contributed by atoms with Gasteiger partial charge in [0.1, 0.15) is 5.82 Å². The fourth-order valence-electron chi connectivity index (χ4n) is 4.47. The number of amides is 1. The van der Waals surface area contributed by atoms with Gasteiger partial charge < -0.3 is 25.4 Å². The Hall–Kier alpha value is -2.79. The van der Waals surface area contributed by atoms with Gasteiger partial charge in [0, 0.05) is 50.9 Å². The molecule has 3 aromatic rings. The molecule has 2 aliphatic rings. The number of nitrogens with zero attached hydrogens (tertiary/aromatic N) is 4. The summed E-state index contributed by atoms with van der Waals surface area (Å²) in [5.41, 5.74) is 3.73. The summed E-state index contributed by atoms with van der Waals surface area (Å²) in [6.45, 7) is 3.63. The fourth-order valence-corrected chi connectivity index (χ4v) is 5.22. The van der Waals surface area contributed by atoms with E-state index in [2.05, 4.69) is 30.5 Å². The summed E-state index contributed by atoms with van der Waals surface area (Å²) in [6, 6.07) is 9.74. The Bertz CT molecular complexity index is 1190. The molecule has 0 aromatic carbocycles. The molecule has 178 valence electrons. The highest BCUT2D eigenvalue weighted by Crippen LogP contribution is 2.29. The number of hydrogen-bond acceptors (Lipinski definition) is 9. The van der Waals surface area contributed by atoms with E-state index >= 15 is 0 Å². The third kappa shape index (κ3) is 5.15. The van der Waals surface area contributed by atoms with Crippen LogP contribution in [-0.2, 0) is 17.8 Å². The lowest BCUT2D eigenvalue weighted by molar-refractivity contribution is -0.113. The molecule has 0 radical (unpaired) electrons. The van der Waals surface area contributed by atoms with Gasteiger partial charge in [0.2, 0.25) is 11.8 Å². The van der Waals surface area contributed by atoms with Crippen molar-refractivity contribution in [2.75, 3.05) is 44.4 Å². The van der Waals surface area contributed by atoms with E-state index in [9.17, 15) is 9.90 Å². The molecule has 3 aromatic heterocycles. The molecule has 1 fully saturated rings. The normalized spacial score (nSPS) is 20.4. The number of pyridine rings is 3. The highest BCUT2D eigenvalue weighted by Gasteiger charge is 2.30. The Morgan fingerprint density at radius 2 is 2.15 bits per heavy atom. The maximum atomic E-state index is 11.6. The Morgan fingerprint density at radius 3 is 3.03 bits per heavy atom. The minimum atomic E-state index is -0.368. The van der Waals surface area contributed by atoms with Crippen molar-refractivity contribution >= 4 is 34.5 Å². The monoisotopic (exact) mass is 480 g/mol. The van der Waals surface area contributed by atoms with E-state index in [4.69, 9.17) is 4.74 Å². The molecule has 9 nitrogen and oxygen atoms in total. The Kier molecular flexibility index (Phi) is 6.91. The predicted molar refractivity (Wildman–Crippen MR) is 131 cm³/mol. The van der Waals surface area contributed by atoms with Crippen LogP contribution in [0, 0.1) is 5.92 Å². The van der Waals surface area contributed by atoms with E-state index < -0.39 is 0 Å². The maximum absolute atomic E-state index is 11.6. The van der Waals surface area contributed by atoms with E-state index in [0.717, 1.165) is 46.7 Å². The number of thioether (sulfide) groups is 1. The molecule has 1 saturated heterocycles. The lowest BCUT2D eigenvalue weighted by atomic mass is 10.1. The van der Waals surface area contributed by atoms with Crippen LogP contribution >= 0.6 is 11.8 Å². The molecule has 2 unspecified atom stereocenters. The number of aliphatic hydroxyl groups excluding tert-OH is 1. The van der Waals surface area contributed by atoms with Crippen molar-refractivity contribution in [2.24, 2.45) is 5.92 Å². The summed E-state index contributed by atoms with van der Waals surface area (Å²) >= 11 is 1.51. The lowest BCUT2D eigenvalue weighted by Gasteiger charge is -2.17. The van der Waals surface area contributed by atoms with Gasteiger partial charge in [0.15, 0.2) is 0 Å². The van der Waals surface area contributed by atoms with Crippen LogP contribution in [0.5, 0.6) is 5.88 Å². The average molecular weight is 481 g/mol. The van der Waals surface area contributed by atoms with Crippen LogP contribution in [0.25, 0.3) is 11.0 Å². The number of anilines is 1. The van der Waals surface area contributed by atoms with Gasteiger partial charge in [-0.05, 0) is 36.2 Å². The summed E-state index contributed by atoms with van der Waals surface area (Å²) < 4.78 is 5.27. The van der Waals surface area contributed by atoms with Gasteiger partial charge in [-0.15, -0.1) is 11.8 Å². The van der Waals surface area contributed by atoms with Gasteiger partial charge in [0.25, 0.3) is 0 Å². The molecule has 10 heteroatoms. The molecule has 5 heterocycles.